The lowest BCUT2D eigenvalue weighted by Gasteiger charge is -2.19. The fourth-order valence-corrected chi connectivity index (χ4v) is 3.46. The number of guanidine groups is 1. The summed E-state index contributed by atoms with van der Waals surface area (Å²) in [6.45, 7) is 2.45. The van der Waals surface area contributed by atoms with Crippen LogP contribution in [0.2, 0.25) is 0 Å². The summed E-state index contributed by atoms with van der Waals surface area (Å²) in [7, 11) is 0. The average Bonchev–Trinajstić information content (AvgIpc) is 3.17. The van der Waals surface area contributed by atoms with E-state index in [-0.39, 0.29) is 5.82 Å². The molecular formula is C17H25FN4. The Morgan fingerprint density at radius 2 is 2.05 bits per heavy atom. The van der Waals surface area contributed by atoms with E-state index in [1.165, 1.54) is 31.7 Å². The molecule has 4 nitrogen and oxygen atoms in total. The summed E-state index contributed by atoms with van der Waals surface area (Å²) in [6, 6.07) is 7.48. The van der Waals surface area contributed by atoms with E-state index < -0.39 is 0 Å². The van der Waals surface area contributed by atoms with Gasteiger partial charge in [0, 0.05) is 25.7 Å². The zero-order valence-electron chi connectivity index (χ0n) is 13.0. The van der Waals surface area contributed by atoms with Gasteiger partial charge in [0.25, 0.3) is 0 Å². The highest BCUT2D eigenvalue weighted by molar-refractivity contribution is 5.78. The molecule has 22 heavy (non-hydrogen) atoms. The Labute approximate surface area is 131 Å². The summed E-state index contributed by atoms with van der Waals surface area (Å²) in [5.41, 5.74) is 6.67. The molecule has 1 aromatic carbocycles. The SMILES string of the molecule is NC(=NCC1CCN(c2ccccc2F)C1)NC1CCCC1. The number of anilines is 1. The molecule has 0 bridgehead atoms. The van der Waals surface area contributed by atoms with Crippen molar-refractivity contribution in [2.45, 2.75) is 38.1 Å². The molecule has 1 saturated heterocycles. The van der Waals surface area contributed by atoms with E-state index in [9.17, 15) is 4.39 Å². The van der Waals surface area contributed by atoms with E-state index in [2.05, 4.69) is 15.2 Å². The van der Waals surface area contributed by atoms with Crippen LogP contribution < -0.4 is 16.0 Å². The quantitative estimate of drug-likeness (QED) is 0.664. The second-order valence-corrected chi connectivity index (χ2v) is 6.40. The molecule has 1 aliphatic carbocycles. The normalized spacial score (nSPS) is 23.2. The van der Waals surface area contributed by atoms with Crippen LogP contribution in [-0.2, 0) is 0 Å². The number of hydrogen-bond acceptors (Lipinski definition) is 2. The van der Waals surface area contributed by atoms with E-state index in [0.29, 0.717) is 23.6 Å². The number of para-hydroxylation sites is 1. The fraction of sp³-hybridized carbons (Fsp3) is 0.588. The van der Waals surface area contributed by atoms with Crippen LogP contribution in [0.4, 0.5) is 10.1 Å². The van der Waals surface area contributed by atoms with Crippen molar-refractivity contribution < 1.29 is 4.39 Å². The lowest BCUT2D eigenvalue weighted by Crippen LogP contribution is -2.38. The first-order valence-electron chi connectivity index (χ1n) is 8.28. The van der Waals surface area contributed by atoms with Gasteiger partial charge in [-0.25, -0.2) is 4.39 Å². The molecule has 3 rings (SSSR count). The lowest BCUT2D eigenvalue weighted by molar-refractivity contribution is 0.588. The van der Waals surface area contributed by atoms with Crippen molar-refractivity contribution >= 4 is 11.6 Å². The largest absolute Gasteiger partial charge is 0.370 e. The molecule has 1 atom stereocenters. The van der Waals surface area contributed by atoms with Gasteiger partial charge < -0.3 is 16.0 Å². The van der Waals surface area contributed by atoms with E-state index in [0.717, 1.165) is 26.1 Å². The van der Waals surface area contributed by atoms with Crippen molar-refractivity contribution in [1.29, 1.82) is 0 Å². The van der Waals surface area contributed by atoms with E-state index in [1.807, 2.05) is 12.1 Å². The number of hydrogen-bond donors (Lipinski definition) is 2. The molecule has 0 spiro atoms. The van der Waals surface area contributed by atoms with Crippen LogP contribution in [-0.4, -0.2) is 31.6 Å². The Hall–Kier alpha value is -1.78. The highest BCUT2D eigenvalue weighted by Gasteiger charge is 2.24. The maximum Gasteiger partial charge on any atom is 0.188 e. The van der Waals surface area contributed by atoms with E-state index in [1.54, 1.807) is 6.07 Å². The third kappa shape index (κ3) is 3.70. The van der Waals surface area contributed by atoms with Crippen LogP contribution in [0.5, 0.6) is 0 Å². The Balaban J connectivity index is 1.49. The molecule has 1 unspecified atom stereocenters. The van der Waals surface area contributed by atoms with Gasteiger partial charge in [0.05, 0.1) is 5.69 Å². The second kappa shape index (κ2) is 6.99. The number of nitrogens with two attached hydrogens (primary N) is 1. The molecular weight excluding hydrogens is 279 g/mol. The summed E-state index contributed by atoms with van der Waals surface area (Å²) in [6.07, 6.45) is 5.99. The van der Waals surface area contributed by atoms with Crippen LogP contribution in [0.3, 0.4) is 0 Å². The van der Waals surface area contributed by atoms with Crippen LogP contribution in [0.1, 0.15) is 32.1 Å². The first-order valence-corrected chi connectivity index (χ1v) is 8.28. The van der Waals surface area contributed by atoms with Gasteiger partial charge in [0.15, 0.2) is 5.96 Å². The van der Waals surface area contributed by atoms with Crippen molar-refractivity contribution in [3.8, 4) is 0 Å². The van der Waals surface area contributed by atoms with Crippen molar-refractivity contribution in [3.63, 3.8) is 0 Å². The molecule has 1 saturated carbocycles. The first-order chi connectivity index (χ1) is 10.7. The third-order valence-corrected chi connectivity index (χ3v) is 4.71. The fourth-order valence-electron chi connectivity index (χ4n) is 3.46. The van der Waals surface area contributed by atoms with Crippen molar-refractivity contribution in [2.75, 3.05) is 24.5 Å². The lowest BCUT2D eigenvalue weighted by atomic mass is 10.1. The Morgan fingerprint density at radius 1 is 1.27 bits per heavy atom. The third-order valence-electron chi connectivity index (χ3n) is 4.71. The summed E-state index contributed by atoms with van der Waals surface area (Å²) in [5, 5.41) is 3.31. The Morgan fingerprint density at radius 3 is 2.82 bits per heavy atom. The van der Waals surface area contributed by atoms with E-state index >= 15 is 0 Å². The number of nitrogens with one attached hydrogen (secondary N) is 1. The molecule has 0 amide bonds. The maximum atomic E-state index is 13.8. The highest BCUT2D eigenvalue weighted by Crippen LogP contribution is 2.26. The van der Waals surface area contributed by atoms with Crippen LogP contribution in [0.25, 0.3) is 0 Å². The Kier molecular flexibility index (Phi) is 4.80. The summed E-state index contributed by atoms with van der Waals surface area (Å²) >= 11 is 0. The maximum absolute atomic E-state index is 13.8. The monoisotopic (exact) mass is 304 g/mol. The van der Waals surface area contributed by atoms with Gasteiger partial charge in [-0.2, -0.15) is 0 Å². The number of aliphatic imine (C=N–C) groups is 1. The average molecular weight is 304 g/mol. The van der Waals surface area contributed by atoms with E-state index in [4.69, 9.17) is 5.73 Å². The van der Waals surface area contributed by atoms with Gasteiger partial charge in [0.1, 0.15) is 5.82 Å². The number of rotatable bonds is 4. The van der Waals surface area contributed by atoms with Gasteiger partial charge in [-0.15, -0.1) is 0 Å². The van der Waals surface area contributed by atoms with Crippen molar-refractivity contribution in [2.24, 2.45) is 16.6 Å². The molecule has 120 valence electrons. The number of benzene rings is 1. The molecule has 1 aromatic rings. The molecule has 2 aliphatic rings. The topological polar surface area (TPSA) is 53.6 Å². The zero-order valence-corrected chi connectivity index (χ0v) is 13.0. The molecule has 2 fully saturated rings. The standard InChI is InChI=1S/C17H25FN4/c18-15-7-3-4-8-16(15)22-10-9-13(12-22)11-20-17(19)21-14-5-1-2-6-14/h3-4,7-8,13-14H,1-2,5-6,9-12H2,(H3,19,20,21). The summed E-state index contributed by atoms with van der Waals surface area (Å²) in [5.74, 6) is 0.869. The van der Waals surface area contributed by atoms with Gasteiger partial charge >= 0.3 is 0 Å². The van der Waals surface area contributed by atoms with Crippen molar-refractivity contribution in [1.82, 2.24) is 5.32 Å². The minimum absolute atomic E-state index is 0.144. The smallest absolute Gasteiger partial charge is 0.188 e. The highest BCUT2D eigenvalue weighted by atomic mass is 19.1. The Bertz CT molecular complexity index is 525. The number of nitrogens with zero attached hydrogens (tertiary/aromatic N) is 2. The molecule has 1 heterocycles. The predicted octanol–water partition coefficient (Wildman–Crippen LogP) is 2.50. The van der Waals surface area contributed by atoms with Crippen molar-refractivity contribution in [3.05, 3.63) is 30.1 Å². The van der Waals surface area contributed by atoms with Gasteiger partial charge in [-0.3, -0.25) is 4.99 Å². The molecule has 1 aliphatic heterocycles. The van der Waals surface area contributed by atoms with Crippen LogP contribution >= 0.6 is 0 Å². The molecule has 0 aromatic heterocycles. The first kappa shape index (κ1) is 15.1. The van der Waals surface area contributed by atoms with Gasteiger partial charge in [0.2, 0.25) is 0 Å². The second-order valence-electron chi connectivity index (χ2n) is 6.40. The summed E-state index contributed by atoms with van der Waals surface area (Å²) < 4.78 is 13.8. The molecule has 3 N–H and O–H groups in total. The van der Waals surface area contributed by atoms with Gasteiger partial charge in [-0.05, 0) is 37.3 Å². The number of halogens is 1. The minimum atomic E-state index is -0.144. The minimum Gasteiger partial charge on any atom is -0.370 e. The van der Waals surface area contributed by atoms with Crippen LogP contribution in [0, 0.1) is 11.7 Å². The van der Waals surface area contributed by atoms with Gasteiger partial charge in [-0.1, -0.05) is 25.0 Å². The molecule has 0 radical (unpaired) electrons. The predicted molar refractivity (Wildman–Crippen MR) is 88.6 cm³/mol. The molecule has 5 heteroatoms. The summed E-state index contributed by atoms with van der Waals surface area (Å²) in [4.78, 5) is 6.59. The zero-order chi connectivity index (χ0) is 15.4. The van der Waals surface area contributed by atoms with Crippen LogP contribution in [0.15, 0.2) is 29.3 Å².